The fourth-order valence-corrected chi connectivity index (χ4v) is 4.05. The van der Waals surface area contributed by atoms with Crippen molar-refractivity contribution in [3.8, 4) is 0 Å². The summed E-state index contributed by atoms with van der Waals surface area (Å²) < 4.78 is 5.71. The standard InChI is InChI=1S/C28H39NO2/c1-7-14-22(2)19-26(20-27(30)31-28(4,5)6)29(21-24-15-10-8-11-16-24)23(3)25-17-12-9-13-18-25/h7-18,22-23,26H,19-21H2,1-6H3/b14-7+/t22-,23?,26?/m1/s1. The van der Waals surface area contributed by atoms with E-state index in [1.54, 1.807) is 0 Å². The zero-order chi connectivity index (χ0) is 22.9. The lowest BCUT2D eigenvalue weighted by Crippen LogP contribution is -2.40. The molecule has 0 aromatic heterocycles. The maximum atomic E-state index is 12.9. The van der Waals surface area contributed by atoms with Crippen molar-refractivity contribution in [3.05, 3.63) is 83.9 Å². The zero-order valence-corrected chi connectivity index (χ0v) is 20.0. The third kappa shape index (κ3) is 8.70. The van der Waals surface area contributed by atoms with Gasteiger partial charge in [0.2, 0.25) is 0 Å². The molecule has 31 heavy (non-hydrogen) atoms. The second-order valence-electron chi connectivity index (χ2n) is 9.43. The summed E-state index contributed by atoms with van der Waals surface area (Å²) in [6.45, 7) is 13.1. The molecule has 0 amide bonds. The average Bonchev–Trinajstić information content (AvgIpc) is 2.71. The highest BCUT2D eigenvalue weighted by Gasteiger charge is 2.29. The average molecular weight is 422 g/mol. The van der Waals surface area contributed by atoms with E-state index < -0.39 is 5.60 Å². The van der Waals surface area contributed by atoms with Crippen LogP contribution in [0, 0.1) is 5.92 Å². The maximum Gasteiger partial charge on any atom is 0.307 e. The number of nitrogens with zero attached hydrogens (tertiary/aromatic N) is 1. The number of carbonyl (C=O) groups is 1. The third-order valence-corrected chi connectivity index (χ3v) is 5.44. The van der Waals surface area contributed by atoms with E-state index in [0.29, 0.717) is 12.3 Å². The number of allylic oxidation sites excluding steroid dienone is 2. The SMILES string of the molecule is C/C=C/[C@@H](C)CC(CC(=O)OC(C)(C)C)N(Cc1ccccc1)C(C)c1ccccc1. The highest BCUT2D eigenvalue weighted by molar-refractivity contribution is 5.70. The molecule has 0 fully saturated rings. The van der Waals surface area contributed by atoms with Gasteiger partial charge in [-0.1, -0.05) is 79.7 Å². The Morgan fingerprint density at radius 3 is 2.13 bits per heavy atom. The van der Waals surface area contributed by atoms with E-state index >= 15 is 0 Å². The molecule has 0 saturated carbocycles. The van der Waals surface area contributed by atoms with Gasteiger partial charge >= 0.3 is 5.97 Å². The van der Waals surface area contributed by atoms with Crippen molar-refractivity contribution >= 4 is 5.97 Å². The van der Waals surface area contributed by atoms with Crippen LogP contribution < -0.4 is 0 Å². The van der Waals surface area contributed by atoms with E-state index in [1.165, 1.54) is 11.1 Å². The number of benzene rings is 2. The van der Waals surface area contributed by atoms with E-state index in [-0.39, 0.29) is 18.1 Å². The Bertz CT molecular complexity index is 808. The molecule has 168 valence electrons. The largest absolute Gasteiger partial charge is 0.460 e. The smallest absolute Gasteiger partial charge is 0.307 e. The fraction of sp³-hybridized carbons (Fsp3) is 0.464. The van der Waals surface area contributed by atoms with Gasteiger partial charge < -0.3 is 4.74 Å². The lowest BCUT2D eigenvalue weighted by molar-refractivity contribution is -0.156. The number of ether oxygens (including phenoxy) is 1. The highest BCUT2D eigenvalue weighted by atomic mass is 16.6. The van der Waals surface area contributed by atoms with E-state index in [4.69, 9.17) is 4.74 Å². The van der Waals surface area contributed by atoms with Gasteiger partial charge in [-0.25, -0.2) is 0 Å². The molecule has 0 heterocycles. The van der Waals surface area contributed by atoms with Crippen LogP contribution in [0.15, 0.2) is 72.8 Å². The van der Waals surface area contributed by atoms with Gasteiger partial charge in [-0.2, -0.15) is 0 Å². The zero-order valence-electron chi connectivity index (χ0n) is 20.0. The molecule has 0 spiro atoms. The normalized spacial score (nSPS) is 15.1. The Morgan fingerprint density at radius 2 is 1.58 bits per heavy atom. The first-order valence-electron chi connectivity index (χ1n) is 11.4. The van der Waals surface area contributed by atoms with Crippen molar-refractivity contribution < 1.29 is 9.53 Å². The summed E-state index contributed by atoms with van der Waals surface area (Å²) in [5.41, 5.74) is 2.02. The van der Waals surface area contributed by atoms with Crippen LogP contribution in [0.4, 0.5) is 0 Å². The second kappa shape index (κ2) is 11.9. The second-order valence-corrected chi connectivity index (χ2v) is 9.43. The Kier molecular flexibility index (Phi) is 9.51. The van der Waals surface area contributed by atoms with Crippen molar-refractivity contribution in [1.29, 1.82) is 0 Å². The van der Waals surface area contributed by atoms with E-state index in [9.17, 15) is 4.79 Å². The van der Waals surface area contributed by atoms with Crippen molar-refractivity contribution in [2.45, 2.75) is 78.6 Å². The van der Waals surface area contributed by atoms with Crippen LogP contribution in [-0.4, -0.2) is 22.5 Å². The molecule has 2 aromatic carbocycles. The predicted octanol–water partition coefficient (Wildman–Crippen LogP) is 6.95. The molecule has 2 aromatic rings. The first kappa shape index (κ1) is 24.9. The molecule has 0 radical (unpaired) electrons. The summed E-state index contributed by atoms with van der Waals surface area (Å²) in [5, 5.41) is 0. The molecular formula is C28H39NO2. The molecule has 3 heteroatoms. The first-order chi connectivity index (χ1) is 14.7. The van der Waals surface area contributed by atoms with Gasteiger partial charge in [-0.3, -0.25) is 9.69 Å². The third-order valence-electron chi connectivity index (χ3n) is 5.44. The Labute approximate surface area is 189 Å². The van der Waals surface area contributed by atoms with Crippen molar-refractivity contribution in [3.63, 3.8) is 0 Å². The summed E-state index contributed by atoms with van der Waals surface area (Å²) in [6, 6.07) is 21.3. The quantitative estimate of drug-likeness (QED) is 0.307. The van der Waals surface area contributed by atoms with Crippen LogP contribution in [0.5, 0.6) is 0 Å². The minimum absolute atomic E-state index is 0.0662. The van der Waals surface area contributed by atoms with Gasteiger partial charge in [0, 0.05) is 18.6 Å². The molecule has 3 atom stereocenters. The lowest BCUT2D eigenvalue weighted by Gasteiger charge is -2.38. The molecule has 2 rings (SSSR count). The van der Waals surface area contributed by atoms with E-state index in [2.05, 4.69) is 79.4 Å². The van der Waals surface area contributed by atoms with E-state index in [0.717, 1.165) is 13.0 Å². The van der Waals surface area contributed by atoms with Crippen molar-refractivity contribution in [1.82, 2.24) is 4.90 Å². The molecule has 0 N–H and O–H groups in total. The predicted molar refractivity (Wildman–Crippen MR) is 130 cm³/mol. The van der Waals surface area contributed by atoms with Crippen molar-refractivity contribution in [2.75, 3.05) is 0 Å². The Morgan fingerprint density at radius 1 is 1.00 bits per heavy atom. The van der Waals surface area contributed by atoms with E-state index in [1.807, 2.05) is 39.8 Å². The molecule has 0 aliphatic rings. The number of esters is 1. The molecule has 0 aliphatic heterocycles. The fourth-order valence-electron chi connectivity index (χ4n) is 4.05. The van der Waals surface area contributed by atoms with Gasteiger partial charge in [0.1, 0.15) is 5.60 Å². The lowest BCUT2D eigenvalue weighted by atomic mass is 9.94. The van der Waals surface area contributed by atoms with Gasteiger partial charge in [0.25, 0.3) is 0 Å². The minimum atomic E-state index is -0.480. The van der Waals surface area contributed by atoms with Gasteiger partial charge in [0.15, 0.2) is 0 Å². The molecule has 0 aliphatic carbocycles. The van der Waals surface area contributed by atoms with Crippen molar-refractivity contribution in [2.24, 2.45) is 5.92 Å². The van der Waals surface area contributed by atoms with Crippen LogP contribution in [-0.2, 0) is 16.1 Å². The maximum absolute atomic E-state index is 12.9. The Hall–Kier alpha value is -2.39. The van der Waals surface area contributed by atoms with Gasteiger partial charge in [-0.15, -0.1) is 0 Å². The molecule has 3 nitrogen and oxygen atoms in total. The Balaban J connectivity index is 2.37. The summed E-state index contributed by atoms with van der Waals surface area (Å²) in [6.07, 6.45) is 5.59. The monoisotopic (exact) mass is 421 g/mol. The summed E-state index contributed by atoms with van der Waals surface area (Å²) in [7, 11) is 0. The molecule has 0 bridgehead atoms. The van der Waals surface area contributed by atoms with Gasteiger partial charge in [-0.05, 0) is 58.1 Å². The van der Waals surface area contributed by atoms with Crippen LogP contribution in [0.1, 0.15) is 71.6 Å². The number of carbonyl (C=O) groups excluding carboxylic acids is 1. The molecular weight excluding hydrogens is 382 g/mol. The summed E-state index contributed by atoms with van der Waals surface area (Å²) in [5.74, 6) is 0.238. The number of rotatable bonds is 10. The van der Waals surface area contributed by atoms with Crippen LogP contribution in [0.2, 0.25) is 0 Å². The van der Waals surface area contributed by atoms with Gasteiger partial charge in [0.05, 0.1) is 6.42 Å². The molecule has 0 saturated heterocycles. The topological polar surface area (TPSA) is 29.5 Å². The van der Waals surface area contributed by atoms with Crippen LogP contribution >= 0.6 is 0 Å². The first-order valence-corrected chi connectivity index (χ1v) is 11.4. The minimum Gasteiger partial charge on any atom is -0.460 e. The van der Waals surface area contributed by atoms with Crippen LogP contribution in [0.25, 0.3) is 0 Å². The summed E-state index contributed by atoms with van der Waals surface area (Å²) >= 11 is 0. The molecule has 2 unspecified atom stereocenters. The van der Waals surface area contributed by atoms with Crippen LogP contribution in [0.3, 0.4) is 0 Å². The highest BCUT2D eigenvalue weighted by Crippen LogP contribution is 2.30. The number of hydrogen-bond acceptors (Lipinski definition) is 3. The number of hydrogen-bond donors (Lipinski definition) is 0. The summed E-state index contributed by atoms with van der Waals surface area (Å²) in [4.78, 5) is 15.3.